The first-order valence-electron chi connectivity index (χ1n) is 10.5. The van der Waals surface area contributed by atoms with Gasteiger partial charge in [-0.25, -0.2) is 0 Å². The van der Waals surface area contributed by atoms with Crippen LogP contribution in [-0.4, -0.2) is 32.5 Å². The first kappa shape index (κ1) is 25.4. The van der Waals surface area contributed by atoms with E-state index in [-0.39, 0.29) is 29.9 Å². The molecule has 1 amide bonds. The third-order valence-corrected chi connectivity index (χ3v) is 5.21. The number of carbonyl (C=O) groups excluding carboxylic acids is 1. The van der Waals surface area contributed by atoms with E-state index in [9.17, 15) is 4.79 Å². The molecule has 0 fully saturated rings. The van der Waals surface area contributed by atoms with Gasteiger partial charge in [-0.2, -0.15) is 0 Å². The van der Waals surface area contributed by atoms with E-state index in [2.05, 4.69) is 69.5 Å². The highest BCUT2D eigenvalue weighted by atomic mass is 127. The van der Waals surface area contributed by atoms with Gasteiger partial charge in [-0.05, 0) is 35.2 Å². The molecule has 0 aliphatic rings. The van der Waals surface area contributed by atoms with E-state index < -0.39 is 0 Å². The van der Waals surface area contributed by atoms with Crippen molar-refractivity contribution < 1.29 is 4.79 Å². The lowest BCUT2D eigenvalue weighted by molar-refractivity contribution is 0.0963. The lowest BCUT2D eigenvalue weighted by Gasteiger charge is -2.20. The number of aliphatic imine (C=N–C) groups is 1. The van der Waals surface area contributed by atoms with Gasteiger partial charge in [0.15, 0.2) is 5.96 Å². The minimum absolute atomic E-state index is 0. The van der Waals surface area contributed by atoms with Crippen molar-refractivity contribution in [1.82, 2.24) is 16.0 Å². The summed E-state index contributed by atoms with van der Waals surface area (Å²) in [5.74, 6) is 0.967. The molecule has 32 heavy (non-hydrogen) atoms. The quantitative estimate of drug-likeness (QED) is 0.225. The molecule has 3 aromatic carbocycles. The fourth-order valence-corrected chi connectivity index (χ4v) is 3.52. The van der Waals surface area contributed by atoms with Gasteiger partial charge in [0.05, 0.1) is 0 Å². The lowest BCUT2D eigenvalue weighted by atomic mass is 9.92. The minimum atomic E-state index is -0.0871. The van der Waals surface area contributed by atoms with Gasteiger partial charge in [0.1, 0.15) is 0 Å². The predicted molar refractivity (Wildman–Crippen MR) is 143 cm³/mol. The Labute approximate surface area is 207 Å². The second-order valence-electron chi connectivity index (χ2n) is 7.38. The Balaban J connectivity index is 0.00000363. The first-order valence-corrected chi connectivity index (χ1v) is 10.5. The second kappa shape index (κ2) is 13.5. The van der Waals surface area contributed by atoms with Gasteiger partial charge in [-0.15, -0.1) is 24.0 Å². The maximum absolute atomic E-state index is 11.9. The number of benzene rings is 3. The van der Waals surface area contributed by atoms with Crippen molar-refractivity contribution in [2.24, 2.45) is 4.99 Å². The first-order chi connectivity index (χ1) is 15.2. The summed E-state index contributed by atoms with van der Waals surface area (Å²) in [7, 11) is 3.41. The summed E-state index contributed by atoms with van der Waals surface area (Å²) >= 11 is 0. The molecule has 5 nitrogen and oxygen atoms in total. The fourth-order valence-electron chi connectivity index (χ4n) is 3.52. The average Bonchev–Trinajstić information content (AvgIpc) is 2.84. The second-order valence-corrected chi connectivity index (χ2v) is 7.38. The Bertz CT molecular complexity index is 993. The van der Waals surface area contributed by atoms with Crippen molar-refractivity contribution in [2.75, 3.05) is 20.6 Å². The van der Waals surface area contributed by atoms with Crippen LogP contribution >= 0.6 is 24.0 Å². The molecule has 0 aliphatic carbocycles. The molecule has 0 aromatic heterocycles. The zero-order valence-corrected chi connectivity index (χ0v) is 20.9. The zero-order chi connectivity index (χ0) is 21.9. The molecule has 0 saturated carbocycles. The van der Waals surface area contributed by atoms with Crippen LogP contribution in [0.3, 0.4) is 0 Å². The summed E-state index contributed by atoms with van der Waals surface area (Å²) in [4.78, 5) is 16.2. The summed E-state index contributed by atoms with van der Waals surface area (Å²) in [6.07, 6.45) is 0.947. The predicted octanol–water partition coefficient (Wildman–Crippen LogP) is 4.36. The molecule has 3 rings (SSSR count). The van der Waals surface area contributed by atoms with Crippen LogP contribution in [0.5, 0.6) is 0 Å². The van der Waals surface area contributed by atoms with Crippen LogP contribution in [0.15, 0.2) is 89.9 Å². The van der Waals surface area contributed by atoms with Gasteiger partial charge in [0, 0.05) is 38.7 Å². The van der Waals surface area contributed by atoms with Gasteiger partial charge < -0.3 is 16.0 Å². The summed E-state index contributed by atoms with van der Waals surface area (Å²) < 4.78 is 0. The number of nitrogens with one attached hydrogen (secondary N) is 3. The molecule has 1 unspecified atom stereocenters. The molecule has 0 spiro atoms. The Hall–Kier alpha value is -2.87. The van der Waals surface area contributed by atoms with Crippen LogP contribution in [0, 0.1) is 0 Å². The highest BCUT2D eigenvalue weighted by Gasteiger charge is 2.13. The van der Waals surface area contributed by atoms with E-state index >= 15 is 0 Å². The monoisotopic (exact) mass is 542 g/mol. The van der Waals surface area contributed by atoms with Crippen LogP contribution in [0.2, 0.25) is 0 Å². The topological polar surface area (TPSA) is 65.5 Å². The molecule has 0 saturated heterocycles. The van der Waals surface area contributed by atoms with Crippen molar-refractivity contribution in [2.45, 2.75) is 18.9 Å². The van der Waals surface area contributed by atoms with Crippen molar-refractivity contribution in [3.63, 3.8) is 0 Å². The molecular weight excluding hydrogens is 511 g/mol. The van der Waals surface area contributed by atoms with Crippen molar-refractivity contribution in [3.05, 3.63) is 107 Å². The van der Waals surface area contributed by atoms with E-state index in [0.29, 0.717) is 18.0 Å². The van der Waals surface area contributed by atoms with E-state index in [0.717, 1.165) is 24.5 Å². The standard InChI is InChI=1S/C26H30N4O.HI/c1-27-25(31)23-15-9-12-21(17-23)18-29-26(28-2)30-19-24(22-13-7-4-8-14-22)16-20-10-5-3-6-11-20;/h3-15,17,24H,16,18-19H2,1-2H3,(H,27,31)(H2,28,29,30);1H. The van der Waals surface area contributed by atoms with Crippen LogP contribution in [0.4, 0.5) is 0 Å². The van der Waals surface area contributed by atoms with Gasteiger partial charge >= 0.3 is 0 Å². The third kappa shape index (κ3) is 7.67. The molecule has 3 N–H and O–H groups in total. The summed E-state index contributed by atoms with van der Waals surface area (Å²) in [6, 6.07) is 28.7. The van der Waals surface area contributed by atoms with Crippen molar-refractivity contribution in [3.8, 4) is 0 Å². The maximum atomic E-state index is 11.9. The number of hydrogen-bond acceptors (Lipinski definition) is 2. The summed E-state index contributed by atoms with van der Waals surface area (Å²) in [5.41, 5.74) is 4.28. The number of nitrogens with zero attached hydrogens (tertiary/aromatic N) is 1. The van der Waals surface area contributed by atoms with E-state index in [1.54, 1.807) is 14.1 Å². The number of halogens is 1. The Kier molecular flexibility index (Phi) is 10.7. The summed E-state index contributed by atoms with van der Waals surface area (Å²) in [6.45, 7) is 1.34. The number of guanidine groups is 1. The number of amides is 1. The number of carbonyl (C=O) groups is 1. The molecule has 3 aromatic rings. The van der Waals surface area contributed by atoms with E-state index in [4.69, 9.17) is 0 Å². The number of hydrogen-bond donors (Lipinski definition) is 3. The molecule has 0 aliphatic heterocycles. The molecule has 168 valence electrons. The van der Waals surface area contributed by atoms with Gasteiger partial charge in [-0.1, -0.05) is 72.8 Å². The normalized spacial score (nSPS) is 11.8. The molecule has 0 bridgehead atoms. The van der Waals surface area contributed by atoms with Gasteiger partial charge in [-0.3, -0.25) is 9.79 Å². The fraction of sp³-hybridized carbons (Fsp3) is 0.231. The smallest absolute Gasteiger partial charge is 0.251 e. The summed E-state index contributed by atoms with van der Waals surface area (Å²) in [5, 5.41) is 9.47. The zero-order valence-electron chi connectivity index (χ0n) is 18.5. The highest BCUT2D eigenvalue weighted by Crippen LogP contribution is 2.20. The molecule has 6 heteroatoms. The molecule has 1 atom stereocenters. The SMILES string of the molecule is CN=C(NCc1cccc(C(=O)NC)c1)NCC(Cc1ccccc1)c1ccccc1.I. The molecule has 0 radical (unpaired) electrons. The largest absolute Gasteiger partial charge is 0.356 e. The average molecular weight is 542 g/mol. The van der Waals surface area contributed by atoms with Crippen LogP contribution in [-0.2, 0) is 13.0 Å². The third-order valence-electron chi connectivity index (χ3n) is 5.21. The molecular formula is C26H31IN4O. The van der Waals surface area contributed by atoms with Crippen molar-refractivity contribution in [1.29, 1.82) is 0 Å². The van der Waals surface area contributed by atoms with Gasteiger partial charge in [0.2, 0.25) is 0 Å². The van der Waals surface area contributed by atoms with Crippen molar-refractivity contribution >= 4 is 35.8 Å². The van der Waals surface area contributed by atoms with E-state index in [1.807, 2.05) is 36.4 Å². The van der Waals surface area contributed by atoms with Crippen LogP contribution < -0.4 is 16.0 Å². The van der Waals surface area contributed by atoms with Crippen LogP contribution in [0.1, 0.15) is 33.0 Å². The Morgan fingerprint density at radius 3 is 2.19 bits per heavy atom. The van der Waals surface area contributed by atoms with Gasteiger partial charge in [0.25, 0.3) is 5.91 Å². The Morgan fingerprint density at radius 2 is 1.53 bits per heavy atom. The molecule has 0 heterocycles. The van der Waals surface area contributed by atoms with E-state index in [1.165, 1.54) is 11.1 Å². The lowest BCUT2D eigenvalue weighted by Crippen LogP contribution is -2.39. The Morgan fingerprint density at radius 1 is 0.875 bits per heavy atom. The maximum Gasteiger partial charge on any atom is 0.251 e. The van der Waals surface area contributed by atoms with Crippen LogP contribution in [0.25, 0.3) is 0 Å². The minimum Gasteiger partial charge on any atom is -0.356 e. The highest BCUT2D eigenvalue weighted by molar-refractivity contribution is 14.0. The number of rotatable bonds is 8.